The Morgan fingerprint density at radius 1 is 1.38 bits per heavy atom. The zero-order chi connectivity index (χ0) is 15.5. The summed E-state index contributed by atoms with van der Waals surface area (Å²) in [6.07, 6.45) is 2.45. The first-order valence-corrected chi connectivity index (χ1v) is 7.09. The predicted molar refractivity (Wildman–Crippen MR) is 79.8 cm³/mol. The van der Waals surface area contributed by atoms with Crippen LogP contribution in [0.2, 0.25) is 0 Å². The van der Waals surface area contributed by atoms with Gasteiger partial charge < -0.3 is 20.6 Å². The minimum atomic E-state index is -0.739. The Balaban J connectivity index is 1.79. The van der Waals surface area contributed by atoms with Crippen molar-refractivity contribution in [2.75, 3.05) is 25.5 Å². The number of urea groups is 1. The molecule has 0 spiro atoms. The highest BCUT2D eigenvalue weighted by atomic mass is 19.1. The van der Waals surface area contributed by atoms with Gasteiger partial charge in [0.05, 0.1) is 11.3 Å². The Kier molecular flexibility index (Phi) is 4.67. The lowest BCUT2D eigenvalue weighted by Gasteiger charge is -2.36. The van der Waals surface area contributed by atoms with Crippen molar-refractivity contribution < 1.29 is 14.3 Å². The molecule has 0 heterocycles. The van der Waals surface area contributed by atoms with Crippen molar-refractivity contribution in [2.45, 2.75) is 31.4 Å². The molecule has 6 heteroatoms. The van der Waals surface area contributed by atoms with Crippen LogP contribution in [0.4, 0.5) is 14.9 Å². The molecule has 1 aliphatic rings. The lowest BCUT2D eigenvalue weighted by atomic mass is 9.80. The quantitative estimate of drug-likeness (QED) is 0.773. The second-order valence-electron chi connectivity index (χ2n) is 5.79. The van der Waals surface area contributed by atoms with E-state index in [-0.39, 0.29) is 24.9 Å². The summed E-state index contributed by atoms with van der Waals surface area (Å²) in [7, 11) is 3.55. The van der Waals surface area contributed by atoms with Gasteiger partial charge in [0.15, 0.2) is 0 Å². The fourth-order valence-electron chi connectivity index (χ4n) is 2.27. The molecule has 1 saturated carbocycles. The summed E-state index contributed by atoms with van der Waals surface area (Å²) < 4.78 is 13.8. The first kappa shape index (κ1) is 15.6. The number of nitrogens with one attached hydrogen (secondary N) is 2. The number of hydrogen-bond acceptors (Lipinski definition) is 3. The van der Waals surface area contributed by atoms with Gasteiger partial charge in [0.2, 0.25) is 0 Å². The lowest BCUT2D eigenvalue weighted by Crippen LogP contribution is -2.49. The number of nitrogens with zero attached hydrogens (tertiary/aromatic N) is 1. The van der Waals surface area contributed by atoms with Crippen molar-refractivity contribution in [1.29, 1.82) is 0 Å². The van der Waals surface area contributed by atoms with Crippen molar-refractivity contribution in [2.24, 2.45) is 0 Å². The van der Waals surface area contributed by atoms with Gasteiger partial charge in [0, 0.05) is 27.2 Å². The van der Waals surface area contributed by atoms with Gasteiger partial charge in [0.25, 0.3) is 0 Å². The standard InChI is InChI=1S/C15H22FN3O2/c1-19(2)13-5-4-11(8-12(13)16)9-17-14(20)18-10-15(21)6-3-7-15/h4-5,8,21H,3,6-7,9-10H2,1-2H3,(H2,17,18,20). The van der Waals surface area contributed by atoms with Gasteiger partial charge in [-0.05, 0) is 37.0 Å². The summed E-state index contributed by atoms with van der Waals surface area (Å²) in [5.74, 6) is -0.316. The summed E-state index contributed by atoms with van der Waals surface area (Å²) in [6.45, 7) is 0.502. The van der Waals surface area contributed by atoms with Crippen molar-refractivity contribution in [1.82, 2.24) is 10.6 Å². The Morgan fingerprint density at radius 3 is 2.62 bits per heavy atom. The van der Waals surface area contributed by atoms with E-state index in [4.69, 9.17) is 0 Å². The van der Waals surface area contributed by atoms with Crippen LogP contribution >= 0.6 is 0 Å². The molecule has 0 radical (unpaired) electrons. The van der Waals surface area contributed by atoms with Crippen molar-refractivity contribution in [3.8, 4) is 0 Å². The number of hydrogen-bond donors (Lipinski definition) is 3. The minimum Gasteiger partial charge on any atom is -0.388 e. The number of aliphatic hydroxyl groups is 1. The molecule has 21 heavy (non-hydrogen) atoms. The second-order valence-corrected chi connectivity index (χ2v) is 5.79. The number of rotatable bonds is 5. The average Bonchev–Trinajstić information content (AvgIpc) is 2.40. The summed E-state index contributed by atoms with van der Waals surface area (Å²) in [5.41, 5.74) is 0.461. The summed E-state index contributed by atoms with van der Waals surface area (Å²) >= 11 is 0. The predicted octanol–water partition coefficient (Wildman–Crippen LogP) is 1.61. The molecular weight excluding hydrogens is 273 g/mol. The van der Waals surface area contributed by atoms with E-state index in [9.17, 15) is 14.3 Å². The maximum Gasteiger partial charge on any atom is 0.315 e. The van der Waals surface area contributed by atoms with E-state index in [1.54, 1.807) is 31.1 Å². The van der Waals surface area contributed by atoms with Crippen LogP contribution in [0.1, 0.15) is 24.8 Å². The monoisotopic (exact) mass is 295 g/mol. The molecule has 116 valence electrons. The van der Waals surface area contributed by atoms with E-state index in [2.05, 4.69) is 10.6 Å². The minimum absolute atomic E-state index is 0.245. The van der Waals surface area contributed by atoms with Gasteiger partial charge in [-0.1, -0.05) is 6.07 Å². The van der Waals surface area contributed by atoms with Crippen molar-refractivity contribution in [3.05, 3.63) is 29.6 Å². The van der Waals surface area contributed by atoms with Gasteiger partial charge in [-0.15, -0.1) is 0 Å². The van der Waals surface area contributed by atoms with Crippen LogP contribution < -0.4 is 15.5 Å². The molecule has 1 aromatic rings. The zero-order valence-corrected chi connectivity index (χ0v) is 12.4. The fourth-order valence-corrected chi connectivity index (χ4v) is 2.27. The Bertz CT molecular complexity index is 516. The van der Waals surface area contributed by atoms with E-state index in [0.717, 1.165) is 19.3 Å². The molecule has 1 fully saturated rings. The Labute approximate surface area is 124 Å². The van der Waals surface area contributed by atoms with Crippen LogP contribution in [0, 0.1) is 5.82 Å². The van der Waals surface area contributed by atoms with Crippen LogP contribution in [-0.4, -0.2) is 37.4 Å². The van der Waals surface area contributed by atoms with Gasteiger partial charge >= 0.3 is 6.03 Å². The SMILES string of the molecule is CN(C)c1ccc(CNC(=O)NCC2(O)CCC2)cc1F. The lowest BCUT2D eigenvalue weighted by molar-refractivity contribution is -0.0290. The molecule has 0 aliphatic heterocycles. The number of benzene rings is 1. The van der Waals surface area contributed by atoms with Crippen molar-refractivity contribution in [3.63, 3.8) is 0 Å². The Morgan fingerprint density at radius 2 is 2.10 bits per heavy atom. The van der Waals surface area contributed by atoms with Crippen LogP contribution in [-0.2, 0) is 6.54 Å². The van der Waals surface area contributed by atoms with E-state index < -0.39 is 5.60 Å². The molecule has 0 saturated heterocycles. The third-order valence-electron chi connectivity index (χ3n) is 3.81. The fraction of sp³-hybridized carbons (Fsp3) is 0.533. The molecule has 0 unspecified atom stereocenters. The maximum absolute atomic E-state index is 13.8. The molecule has 0 atom stereocenters. The summed E-state index contributed by atoms with van der Waals surface area (Å²) in [5, 5.41) is 15.2. The van der Waals surface area contributed by atoms with Gasteiger partial charge in [-0.3, -0.25) is 0 Å². The van der Waals surface area contributed by atoms with Gasteiger partial charge in [-0.2, -0.15) is 0 Å². The number of amides is 2. The second kappa shape index (κ2) is 6.30. The first-order chi connectivity index (χ1) is 9.89. The highest BCUT2D eigenvalue weighted by Gasteiger charge is 2.34. The highest BCUT2D eigenvalue weighted by molar-refractivity contribution is 5.73. The largest absolute Gasteiger partial charge is 0.388 e. The Hall–Kier alpha value is -1.82. The van der Waals surface area contributed by atoms with E-state index >= 15 is 0 Å². The molecule has 1 aliphatic carbocycles. The zero-order valence-electron chi connectivity index (χ0n) is 12.4. The number of carbonyl (C=O) groups is 1. The van der Waals surface area contributed by atoms with Crippen LogP contribution in [0.3, 0.4) is 0 Å². The van der Waals surface area contributed by atoms with Gasteiger partial charge in [0.1, 0.15) is 5.82 Å². The van der Waals surface area contributed by atoms with Crippen LogP contribution in [0.15, 0.2) is 18.2 Å². The molecule has 2 amide bonds. The van der Waals surface area contributed by atoms with E-state index in [0.29, 0.717) is 11.3 Å². The smallest absolute Gasteiger partial charge is 0.315 e. The summed E-state index contributed by atoms with van der Waals surface area (Å²) in [6, 6.07) is 4.52. The average molecular weight is 295 g/mol. The van der Waals surface area contributed by atoms with Crippen LogP contribution in [0.5, 0.6) is 0 Å². The maximum atomic E-state index is 13.8. The number of carbonyl (C=O) groups excluding carboxylic acids is 1. The number of anilines is 1. The molecule has 0 aromatic heterocycles. The van der Waals surface area contributed by atoms with Crippen LogP contribution in [0.25, 0.3) is 0 Å². The first-order valence-electron chi connectivity index (χ1n) is 7.09. The summed E-state index contributed by atoms with van der Waals surface area (Å²) in [4.78, 5) is 13.3. The third kappa shape index (κ3) is 4.07. The van der Waals surface area contributed by atoms with E-state index in [1.165, 1.54) is 6.07 Å². The number of halogens is 1. The molecule has 2 rings (SSSR count). The molecular formula is C15H22FN3O2. The van der Waals surface area contributed by atoms with Crippen molar-refractivity contribution >= 4 is 11.7 Å². The molecule has 5 nitrogen and oxygen atoms in total. The molecule has 3 N–H and O–H groups in total. The topological polar surface area (TPSA) is 64.6 Å². The molecule has 1 aromatic carbocycles. The molecule has 0 bridgehead atoms. The van der Waals surface area contributed by atoms with E-state index in [1.807, 2.05) is 0 Å². The third-order valence-corrected chi connectivity index (χ3v) is 3.81. The normalized spacial score (nSPS) is 16.0. The highest BCUT2D eigenvalue weighted by Crippen LogP contribution is 2.30. The van der Waals surface area contributed by atoms with Gasteiger partial charge in [-0.25, -0.2) is 9.18 Å².